The van der Waals surface area contributed by atoms with Crippen molar-refractivity contribution >= 4 is 24.6 Å². The third-order valence-electron chi connectivity index (χ3n) is 6.78. The summed E-state index contributed by atoms with van der Waals surface area (Å²) >= 11 is 0. The van der Waals surface area contributed by atoms with Crippen LogP contribution in [0.1, 0.15) is 63.8 Å². The maximum absolute atomic E-state index is 9.67. The van der Waals surface area contributed by atoms with Crippen LogP contribution < -0.4 is 4.70 Å². The fourth-order valence-electron chi connectivity index (χ4n) is 4.27. The van der Waals surface area contributed by atoms with Crippen LogP contribution in [-0.2, 0) is 15.6 Å². The molecule has 0 atom stereocenters. The van der Waals surface area contributed by atoms with Gasteiger partial charge in [0.05, 0.1) is 0 Å². The third-order valence-corrected chi connectivity index (χ3v) is 6.78. The van der Waals surface area contributed by atoms with Crippen molar-refractivity contribution in [2.75, 3.05) is 14.1 Å². The lowest BCUT2D eigenvalue weighted by atomic mass is 9.86. The van der Waals surface area contributed by atoms with E-state index in [-0.39, 0.29) is 15.5 Å². The van der Waals surface area contributed by atoms with E-state index in [9.17, 15) is 12.9 Å². The number of ether oxygens (including phenoxy) is 1. The Morgan fingerprint density at radius 3 is 1.55 bits per heavy atom. The first-order valence-corrected chi connectivity index (χ1v) is 13.7. The van der Waals surface area contributed by atoms with E-state index in [0.29, 0.717) is 0 Å². The van der Waals surface area contributed by atoms with Crippen molar-refractivity contribution in [1.29, 1.82) is 0 Å². The average molecular weight is 578 g/mol. The standard InChI is InChI=1S/C35H40NO.BF3.FH/c1-34(2,3)29-16-12-26(13-17-29)28-23-32(22-11-25-9-20-31(21-10-25)36(7)8)37-33(24-28)27-14-18-30(19-15-27)35(4,5)6;2-1(3)4;/h9-24H,1-8H3;;1H/q+1;;/p-1. The number of hydrogen-bond acceptors (Lipinski definition) is 1. The summed E-state index contributed by atoms with van der Waals surface area (Å²) in [6, 6.07) is 17.7. The van der Waals surface area contributed by atoms with Gasteiger partial charge < -0.3 is 9.44 Å². The maximum Gasteiger partial charge on any atom is 0.762 e. The average Bonchev–Trinajstić information content (AvgIpc) is 2.91. The van der Waals surface area contributed by atoms with Crippen LogP contribution in [0.5, 0.6) is 0 Å². The molecule has 1 heterocycles. The van der Waals surface area contributed by atoms with Crippen LogP contribution >= 0.6 is 0 Å². The van der Waals surface area contributed by atoms with E-state index in [4.69, 9.17) is 4.74 Å². The molecule has 4 rings (SSSR count). The SMILES string of the molecule is C[N+](C)=C1C=CC(=CC=C2C=C(c3ccc(C(C)(C)C)cc3)C=C(c3ccc(C(C)(C)C)cc3)O2)C=C1.FB(F)F.[F-]. The number of hydrogen-bond donors (Lipinski definition) is 0. The van der Waals surface area contributed by atoms with Gasteiger partial charge in [0.1, 0.15) is 25.6 Å². The normalized spacial score (nSPS) is 15.5. The zero-order valence-corrected chi connectivity index (χ0v) is 25.7. The molecule has 0 N–H and O–H groups in total. The predicted octanol–water partition coefficient (Wildman–Crippen LogP) is 6.27. The second-order valence-corrected chi connectivity index (χ2v) is 12.3. The Morgan fingerprint density at radius 1 is 0.667 bits per heavy atom. The molecular weight excluding hydrogens is 537 g/mol. The van der Waals surface area contributed by atoms with Gasteiger partial charge in [-0.2, -0.15) is 0 Å². The largest absolute Gasteiger partial charge is 1.00 e. The lowest BCUT2D eigenvalue weighted by molar-refractivity contribution is -0.462. The number of benzene rings is 2. The van der Waals surface area contributed by atoms with E-state index in [2.05, 4.69) is 157 Å². The van der Waals surface area contributed by atoms with Crippen LogP contribution in [0.15, 0.2) is 108 Å². The van der Waals surface area contributed by atoms with E-state index in [1.807, 2.05) is 0 Å². The first-order chi connectivity index (χ1) is 19.1. The van der Waals surface area contributed by atoms with Crippen molar-refractivity contribution in [1.82, 2.24) is 0 Å². The van der Waals surface area contributed by atoms with Crippen LogP contribution in [0, 0.1) is 0 Å². The molecule has 7 heteroatoms. The molecular formula is C35H40BF4NO. The molecule has 0 saturated heterocycles. The number of nitrogens with zero attached hydrogens (tertiary/aromatic N) is 1. The Balaban J connectivity index is 0.00000116. The van der Waals surface area contributed by atoms with Gasteiger partial charge in [-0.25, -0.2) is 4.58 Å². The molecule has 2 aliphatic rings. The second-order valence-electron chi connectivity index (χ2n) is 12.3. The summed E-state index contributed by atoms with van der Waals surface area (Å²) in [5.74, 6) is 1.68. The van der Waals surface area contributed by atoms with Crippen molar-refractivity contribution in [3.05, 3.63) is 131 Å². The van der Waals surface area contributed by atoms with Gasteiger partial charge in [-0.05, 0) is 69.0 Å². The van der Waals surface area contributed by atoms with Crippen molar-refractivity contribution in [2.24, 2.45) is 0 Å². The first-order valence-electron chi connectivity index (χ1n) is 13.7. The van der Waals surface area contributed by atoms with Crippen molar-refractivity contribution in [3.8, 4) is 0 Å². The molecule has 1 aliphatic carbocycles. The van der Waals surface area contributed by atoms with E-state index in [1.54, 1.807) is 0 Å². The first kappa shape index (κ1) is 34.3. The van der Waals surface area contributed by atoms with Gasteiger partial charge in [-0.1, -0.05) is 96.1 Å². The fraction of sp³-hybridized carbons (Fsp3) is 0.286. The molecule has 0 fully saturated rings. The molecule has 0 spiro atoms. The highest BCUT2D eigenvalue weighted by Crippen LogP contribution is 2.34. The van der Waals surface area contributed by atoms with E-state index in [0.717, 1.165) is 28.2 Å². The number of halogens is 4. The highest BCUT2D eigenvalue weighted by molar-refractivity contribution is 6.33. The smallest absolute Gasteiger partial charge is 0.762 e. The summed E-state index contributed by atoms with van der Waals surface area (Å²) < 4.78 is 37.5. The van der Waals surface area contributed by atoms with Crippen LogP contribution in [0.25, 0.3) is 11.3 Å². The minimum atomic E-state index is -3.67. The van der Waals surface area contributed by atoms with Crippen molar-refractivity contribution in [2.45, 2.75) is 52.4 Å². The lowest BCUT2D eigenvalue weighted by Crippen LogP contribution is -3.00. The zero-order chi connectivity index (χ0) is 30.4. The molecule has 0 saturated carbocycles. The van der Waals surface area contributed by atoms with E-state index < -0.39 is 7.54 Å². The van der Waals surface area contributed by atoms with Gasteiger partial charge in [0.25, 0.3) is 0 Å². The number of rotatable bonds is 3. The Kier molecular flexibility index (Phi) is 11.7. The summed E-state index contributed by atoms with van der Waals surface area (Å²) in [5, 5.41) is 0. The Morgan fingerprint density at radius 2 is 1.12 bits per heavy atom. The minimum absolute atomic E-state index is 0. The van der Waals surface area contributed by atoms with Crippen LogP contribution in [0.4, 0.5) is 12.9 Å². The summed E-state index contributed by atoms with van der Waals surface area (Å²) in [6.45, 7) is 13.5. The van der Waals surface area contributed by atoms with Gasteiger partial charge in [-0.3, -0.25) is 12.9 Å². The molecule has 2 aromatic carbocycles. The zero-order valence-electron chi connectivity index (χ0n) is 25.7. The summed E-state index contributed by atoms with van der Waals surface area (Å²) in [7, 11) is 0.442. The number of allylic oxidation sites excluding steroid dienone is 10. The van der Waals surface area contributed by atoms with Gasteiger partial charge in [0.15, 0.2) is 5.71 Å². The maximum atomic E-state index is 9.67. The molecule has 42 heavy (non-hydrogen) atoms. The molecule has 0 bridgehead atoms. The molecule has 1 aliphatic heterocycles. The van der Waals surface area contributed by atoms with Crippen molar-refractivity contribution in [3.63, 3.8) is 0 Å². The van der Waals surface area contributed by atoms with Crippen LogP contribution in [0.3, 0.4) is 0 Å². The van der Waals surface area contributed by atoms with Gasteiger partial charge in [-0.15, -0.1) is 0 Å². The quantitative estimate of drug-likeness (QED) is 0.238. The molecule has 0 unspecified atom stereocenters. The fourth-order valence-corrected chi connectivity index (χ4v) is 4.27. The molecule has 222 valence electrons. The van der Waals surface area contributed by atoms with E-state index >= 15 is 0 Å². The molecule has 0 aromatic heterocycles. The van der Waals surface area contributed by atoms with Crippen LogP contribution in [-0.4, -0.2) is 31.9 Å². The Hall–Kier alpha value is -3.87. The predicted molar refractivity (Wildman–Crippen MR) is 168 cm³/mol. The topological polar surface area (TPSA) is 12.2 Å². The summed E-state index contributed by atoms with van der Waals surface area (Å²) in [5.41, 5.74) is 8.60. The highest BCUT2D eigenvalue weighted by Gasteiger charge is 2.18. The summed E-state index contributed by atoms with van der Waals surface area (Å²) in [6.07, 6.45) is 17.0. The molecule has 0 amide bonds. The monoisotopic (exact) mass is 577 g/mol. The Labute approximate surface area is 248 Å². The highest BCUT2D eigenvalue weighted by atomic mass is 19.4. The summed E-state index contributed by atoms with van der Waals surface area (Å²) in [4.78, 5) is 0. The van der Waals surface area contributed by atoms with Crippen molar-refractivity contribution < 1.29 is 27.0 Å². The second kappa shape index (κ2) is 14.3. The van der Waals surface area contributed by atoms with Gasteiger partial charge >= 0.3 is 7.54 Å². The lowest BCUT2D eigenvalue weighted by Gasteiger charge is -2.22. The molecule has 2 aromatic rings. The van der Waals surface area contributed by atoms with E-state index in [1.165, 1.54) is 22.4 Å². The van der Waals surface area contributed by atoms with Gasteiger partial charge in [0.2, 0.25) is 0 Å². The third kappa shape index (κ3) is 9.90. The molecule has 2 nitrogen and oxygen atoms in total. The minimum Gasteiger partial charge on any atom is -1.00 e. The van der Waals surface area contributed by atoms with Gasteiger partial charge in [0, 0.05) is 17.7 Å². The Bertz CT molecular complexity index is 1420. The van der Waals surface area contributed by atoms with Crippen LogP contribution in [0.2, 0.25) is 0 Å². The molecule has 0 radical (unpaired) electrons.